The van der Waals surface area contributed by atoms with Crippen molar-refractivity contribution >= 4 is 12.4 Å². The molecule has 0 unspecified atom stereocenters. The molecule has 0 heterocycles. The van der Waals surface area contributed by atoms with Gasteiger partial charge in [0, 0.05) is 0 Å². The second-order valence-electron chi connectivity index (χ2n) is 0.448. The van der Waals surface area contributed by atoms with Gasteiger partial charge in [0.2, 0.25) is 0 Å². The van der Waals surface area contributed by atoms with Crippen LogP contribution in [-0.2, 0) is 21.2 Å². The summed E-state index contributed by atoms with van der Waals surface area (Å²) in [7, 11) is 0. The van der Waals surface area contributed by atoms with Crippen LogP contribution in [0.5, 0.6) is 0 Å². The van der Waals surface area contributed by atoms with Gasteiger partial charge in [0.1, 0.15) is 0 Å². The summed E-state index contributed by atoms with van der Waals surface area (Å²) in [5, 5.41) is 0. The van der Waals surface area contributed by atoms with Crippen molar-refractivity contribution in [3.8, 4) is 0 Å². The molecule has 12 heavy (non-hydrogen) atoms. The fourth-order valence-electron chi connectivity index (χ4n) is 0. The van der Waals surface area contributed by atoms with Gasteiger partial charge in [-0.1, -0.05) is 0 Å². The van der Waals surface area contributed by atoms with E-state index in [9.17, 15) is 0 Å². The topological polar surface area (TPSA) is 264 Å². The van der Waals surface area contributed by atoms with E-state index in [2.05, 4.69) is 0 Å². The Morgan fingerprint density at radius 1 is 0.667 bits per heavy atom. The maximum absolute atomic E-state index is 8.82. The molecule has 0 spiro atoms. The Bertz CT molecular complexity index is 93.0. The van der Waals surface area contributed by atoms with E-state index in [1.54, 1.807) is 0 Å². The number of hydrogen-bond acceptors (Lipinski definition) is 2. The van der Waals surface area contributed by atoms with Crippen LogP contribution >= 0.6 is 12.4 Å². The van der Waals surface area contributed by atoms with E-state index >= 15 is 0 Å². The first-order valence-corrected chi connectivity index (χ1v) is 2.88. The molecule has 0 saturated heterocycles. The monoisotopic (exact) mass is 262 g/mol. The van der Waals surface area contributed by atoms with Crippen LogP contribution in [0.3, 0.4) is 0 Å². The molecule has 14 N–H and O–H groups in total. The zero-order chi connectivity index (χ0) is 4.50. The Morgan fingerprint density at radius 3 is 0.667 bits per heavy atom. The number of hydrogen-bond donors (Lipinski definition) is 2. The van der Waals surface area contributed by atoms with Gasteiger partial charge in [0.05, 0.1) is 0 Å². The van der Waals surface area contributed by atoms with E-state index in [1.807, 2.05) is 0 Å². The normalized spacial score (nSPS) is 4.83. The second kappa shape index (κ2) is 30.4. The number of halogens is 1. The van der Waals surface area contributed by atoms with E-state index < -0.39 is 13.6 Å². The average Bonchev–Trinajstić information content (AvgIpc) is 0.722. The molecule has 0 aliphatic rings. The second-order valence-corrected chi connectivity index (χ2v) is 1.85. The number of rotatable bonds is 0. The molecule has 0 amide bonds. The summed E-state index contributed by atoms with van der Waals surface area (Å²) >= 11 is -5.25. The van der Waals surface area contributed by atoms with E-state index in [1.165, 1.54) is 0 Å². The van der Waals surface area contributed by atoms with Crippen molar-refractivity contribution in [2.75, 3.05) is 0 Å². The van der Waals surface area contributed by atoms with Crippen LogP contribution in [0.25, 0.3) is 0 Å². The van der Waals surface area contributed by atoms with Crippen molar-refractivity contribution < 1.29 is 62.4 Å². The van der Waals surface area contributed by atoms with Crippen molar-refractivity contribution in [2.45, 2.75) is 0 Å². The van der Waals surface area contributed by atoms with Gasteiger partial charge in [-0.05, 0) is 0 Å². The summed E-state index contributed by atoms with van der Waals surface area (Å²) < 4.78 is 31.9. The van der Waals surface area contributed by atoms with E-state index in [-0.39, 0.29) is 45.3 Å². The van der Waals surface area contributed by atoms with Gasteiger partial charge in [0.15, 0.2) is 0 Å². The van der Waals surface area contributed by atoms with Crippen LogP contribution in [-0.4, -0.2) is 41.2 Å². The minimum atomic E-state index is -5.25. The molecular formula is H15ClCrO10. The standard InChI is InChI=1S/ClH.Cr.8H2O.2O/h1H;;8*1H2;;/q;+2;;;;;;;;;;/p-2. The molecule has 88 valence electrons. The fourth-order valence-corrected chi connectivity index (χ4v) is 0. The fraction of sp³-hybridized carbons (Fsp3) is 0. The van der Waals surface area contributed by atoms with E-state index in [0.717, 1.165) is 0 Å². The molecule has 0 fully saturated rings. The molecule has 0 radical (unpaired) electrons. The minimum absolute atomic E-state index is 0. The molecule has 0 aliphatic carbocycles. The summed E-state index contributed by atoms with van der Waals surface area (Å²) in [5.41, 5.74) is 0. The molecule has 0 aromatic carbocycles. The molecule has 0 aromatic rings. The SMILES string of the molecule is Cl.O.O.O.O.O.O.[O]=[Cr](=[O])([OH])[OH]. The summed E-state index contributed by atoms with van der Waals surface area (Å²) in [5.74, 6) is 0. The van der Waals surface area contributed by atoms with Crippen LogP contribution < -0.4 is 0 Å². The van der Waals surface area contributed by atoms with E-state index in [0.29, 0.717) is 0 Å². The van der Waals surface area contributed by atoms with Gasteiger partial charge >= 0.3 is 29.5 Å². The third-order valence-corrected chi connectivity index (χ3v) is 0. The van der Waals surface area contributed by atoms with Gasteiger partial charge in [-0.25, -0.2) is 0 Å². The van der Waals surface area contributed by atoms with Crippen molar-refractivity contribution in [3.05, 3.63) is 0 Å². The van der Waals surface area contributed by atoms with Crippen molar-refractivity contribution in [1.29, 1.82) is 0 Å². The third kappa shape index (κ3) is 79700. The average molecular weight is 263 g/mol. The van der Waals surface area contributed by atoms with Gasteiger partial charge in [-0.2, -0.15) is 0 Å². The molecule has 0 bridgehead atoms. The van der Waals surface area contributed by atoms with Gasteiger partial charge in [-0.15, -0.1) is 12.4 Å². The molecule has 0 aliphatic heterocycles. The van der Waals surface area contributed by atoms with Crippen molar-refractivity contribution in [3.63, 3.8) is 0 Å². The first kappa shape index (κ1) is 88.6. The summed E-state index contributed by atoms with van der Waals surface area (Å²) in [6.07, 6.45) is 0. The van der Waals surface area contributed by atoms with Crippen LogP contribution in [0.2, 0.25) is 0 Å². The van der Waals surface area contributed by atoms with E-state index in [4.69, 9.17) is 15.9 Å². The zero-order valence-corrected chi connectivity index (χ0v) is 7.62. The predicted octanol–water partition coefficient (Wildman–Crippen LogP) is -5.88. The quantitative estimate of drug-likeness (QED) is 0.431. The Labute approximate surface area is 75.5 Å². The summed E-state index contributed by atoms with van der Waals surface area (Å²) in [4.78, 5) is 0. The van der Waals surface area contributed by atoms with Crippen molar-refractivity contribution in [2.24, 2.45) is 0 Å². The molecule has 0 rings (SSSR count). The first-order valence-electron chi connectivity index (χ1n) is 0.698. The Balaban J connectivity index is -0.00000000381. The van der Waals surface area contributed by atoms with Crippen LogP contribution in [0.4, 0.5) is 0 Å². The molecule has 0 atom stereocenters. The molecule has 0 aromatic heterocycles. The maximum atomic E-state index is 8.82. The Morgan fingerprint density at radius 2 is 0.667 bits per heavy atom. The summed E-state index contributed by atoms with van der Waals surface area (Å²) in [6.45, 7) is 0. The molecule has 12 heteroatoms. The molecule has 10 nitrogen and oxygen atoms in total. The van der Waals surface area contributed by atoms with Crippen LogP contribution in [0.1, 0.15) is 0 Å². The zero-order valence-electron chi connectivity index (χ0n) is 5.53. The van der Waals surface area contributed by atoms with Crippen molar-refractivity contribution in [1.82, 2.24) is 0 Å². The third-order valence-electron chi connectivity index (χ3n) is 0. The van der Waals surface area contributed by atoms with Gasteiger partial charge < -0.3 is 32.9 Å². The first-order chi connectivity index (χ1) is 2.00. The predicted molar refractivity (Wildman–Crippen MR) is 34.7 cm³/mol. The van der Waals surface area contributed by atoms with Crippen LogP contribution in [0.15, 0.2) is 0 Å². The Hall–Kier alpha value is 0.102. The molecule has 0 saturated carbocycles. The molecular weight excluding hydrogens is 247 g/mol. The van der Waals surface area contributed by atoms with Gasteiger partial charge in [-0.3, -0.25) is 0 Å². The Kier molecular flexibility index (Phi) is 225. The summed E-state index contributed by atoms with van der Waals surface area (Å²) in [6, 6.07) is 0. The van der Waals surface area contributed by atoms with Crippen LogP contribution in [0, 0.1) is 0 Å². The van der Waals surface area contributed by atoms with Gasteiger partial charge in [0.25, 0.3) is 0 Å².